The molecule has 0 saturated heterocycles. The molecule has 0 bridgehead atoms. The van der Waals surface area contributed by atoms with Crippen LogP contribution in [0.2, 0.25) is 0 Å². The number of thiophene rings is 1. The molecule has 0 radical (unpaired) electrons. The van der Waals surface area contributed by atoms with Crippen LogP contribution in [-0.4, -0.2) is 10.1 Å². The van der Waals surface area contributed by atoms with Crippen molar-refractivity contribution >= 4 is 11.3 Å². The molecular formula is C12H15N3OS. The van der Waals surface area contributed by atoms with Crippen molar-refractivity contribution in [2.24, 2.45) is 0 Å². The van der Waals surface area contributed by atoms with Gasteiger partial charge in [0.15, 0.2) is 5.82 Å². The first-order valence-electron chi connectivity index (χ1n) is 5.92. The molecule has 2 heterocycles. The van der Waals surface area contributed by atoms with Crippen molar-refractivity contribution in [1.82, 2.24) is 15.5 Å². The molecule has 0 spiro atoms. The highest BCUT2D eigenvalue weighted by atomic mass is 32.1. The lowest BCUT2D eigenvalue weighted by molar-refractivity contribution is 0.381. The Kier molecular flexibility index (Phi) is 2.94. The van der Waals surface area contributed by atoms with Gasteiger partial charge in [-0.3, -0.25) is 0 Å². The Balaban J connectivity index is 1.67. The Morgan fingerprint density at radius 3 is 3.35 bits per heavy atom. The zero-order valence-corrected chi connectivity index (χ0v) is 10.6. The van der Waals surface area contributed by atoms with Crippen molar-refractivity contribution in [3.8, 4) is 0 Å². The normalized spacial score (nSPS) is 19.2. The summed E-state index contributed by atoms with van der Waals surface area (Å²) in [6.45, 7) is 2.49. The lowest BCUT2D eigenvalue weighted by Crippen LogP contribution is -2.24. The molecule has 1 N–H and O–H groups in total. The molecule has 5 heteroatoms. The van der Waals surface area contributed by atoms with Crippen molar-refractivity contribution in [1.29, 1.82) is 0 Å². The summed E-state index contributed by atoms with van der Waals surface area (Å²) in [5.41, 5.74) is 1.46. The number of nitrogens with one attached hydrogen (secondary N) is 1. The standard InChI is InChI=1S/C12H15N3OS/c1-8-14-12(15-16-8)7-13-10-3-2-4-11-9(10)5-6-17-11/h5-6,10,13H,2-4,7H2,1H3. The average Bonchev–Trinajstić information content (AvgIpc) is 2.94. The van der Waals surface area contributed by atoms with E-state index in [4.69, 9.17) is 4.52 Å². The second kappa shape index (κ2) is 4.58. The third kappa shape index (κ3) is 2.25. The molecule has 1 aliphatic carbocycles. The number of hydrogen-bond donors (Lipinski definition) is 1. The van der Waals surface area contributed by atoms with Crippen molar-refractivity contribution in [3.05, 3.63) is 33.6 Å². The van der Waals surface area contributed by atoms with E-state index in [9.17, 15) is 0 Å². The molecule has 0 fully saturated rings. The van der Waals surface area contributed by atoms with Crippen molar-refractivity contribution in [2.45, 2.75) is 38.8 Å². The summed E-state index contributed by atoms with van der Waals surface area (Å²) in [5, 5.41) is 9.60. The second-order valence-corrected chi connectivity index (χ2v) is 5.36. The number of rotatable bonds is 3. The number of aryl methyl sites for hydroxylation is 2. The van der Waals surface area contributed by atoms with E-state index in [1.165, 1.54) is 29.7 Å². The SMILES string of the molecule is Cc1nc(CNC2CCCc3sccc32)no1. The molecule has 1 atom stereocenters. The summed E-state index contributed by atoms with van der Waals surface area (Å²) >= 11 is 1.87. The van der Waals surface area contributed by atoms with Crippen LogP contribution in [0.15, 0.2) is 16.0 Å². The van der Waals surface area contributed by atoms with E-state index in [1.54, 1.807) is 0 Å². The number of hydrogen-bond acceptors (Lipinski definition) is 5. The molecule has 0 aliphatic heterocycles. The second-order valence-electron chi connectivity index (χ2n) is 4.35. The Morgan fingerprint density at radius 1 is 1.59 bits per heavy atom. The van der Waals surface area contributed by atoms with Crippen molar-refractivity contribution in [2.75, 3.05) is 0 Å². The third-order valence-corrected chi connectivity index (χ3v) is 4.12. The van der Waals surface area contributed by atoms with Gasteiger partial charge >= 0.3 is 0 Å². The predicted molar refractivity (Wildman–Crippen MR) is 65.9 cm³/mol. The maximum Gasteiger partial charge on any atom is 0.223 e. The highest BCUT2D eigenvalue weighted by Gasteiger charge is 2.20. The van der Waals surface area contributed by atoms with E-state index in [1.807, 2.05) is 18.3 Å². The lowest BCUT2D eigenvalue weighted by atomic mass is 9.94. The van der Waals surface area contributed by atoms with Gasteiger partial charge in [-0.25, -0.2) is 0 Å². The van der Waals surface area contributed by atoms with E-state index in [2.05, 4.69) is 26.9 Å². The summed E-state index contributed by atoms with van der Waals surface area (Å²) in [6.07, 6.45) is 3.68. The van der Waals surface area contributed by atoms with Crippen LogP contribution in [0.1, 0.15) is 41.0 Å². The number of fused-ring (bicyclic) bond motifs is 1. The van der Waals surface area contributed by atoms with E-state index in [0.29, 0.717) is 18.5 Å². The maximum atomic E-state index is 4.96. The molecular weight excluding hydrogens is 234 g/mol. The minimum Gasteiger partial charge on any atom is -0.340 e. The van der Waals surface area contributed by atoms with Crippen LogP contribution in [-0.2, 0) is 13.0 Å². The van der Waals surface area contributed by atoms with Gasteiger partial charge in [-0.05, 0) is 36.3 Å². The molecule has 1 aliphatic rings. The molecule has 17 heavy (non-hydrogen) atoms. The highest BCUT2D eigenvalue weighted by Crippen LogP contribution is 2.33. The fourth-order valence-electron chi connectivity index (χ4n) is 2.33. The average molecular weight is 249 g/mol. The molecule has 4 nitrogen and oxygen atoms in total. The summed E-state index contributed by atoms with van der Waals surface area (Å²) < 4.78 is 4.96. The van der Waals surface area contributed by atoms with Crippen LogP contribution in [0.25, 0.3) is 0 Å². The van der Waals surface area contributed by atoms with Gasteiger partial charge in [0.2, 0.25) is 5.89 Å². The summed E-state index contributed by atoms with van der Waals surface area (Å²) in [4.78, 5) is 5.73. The van der Waals surface area contributed by atoms with E-state index in [0.717, 1.165) is 5.82 Å². The van der Waals surface area contributed by atoms with Crippen molar-refractivity contribution in [3.63, 3.8) is 0 Å². The molecule has 2 aromatic heterocycles. The summed E-state index contributed by atoms with van der Waals surface area (Å²) in [7, 11) is 0. The van der Waals surface area contributed by atoms with Gasteiger partial charge < -0.3 is 9.84 Å². The molecule has 2 aromatic rings. The zero-order chi connectivity index (χ0) is 11.7. The van der Waals surface area contributed by atoms with Crippen LogP contribution in [0, 0.1) is 6.92 Å². The molecule has 0 saturated carbocycles. The molecule has 90 valence electrons. The van der Waals surface area contributed by atoms with Crippen LogP contribution < -0.4 is 5.32 Å². The minimum absolute atomic E-state index is 0.448. The van der Waals surface area contributed by atoms with Gasteiger partial charge in [-0.2, -0.15) is 4.98 Å². The largest absolute Gasteiger partial charge is 0.340 e. The van der Waals surface area contributed by atoms with Crippen molar-refractivity contribution < 1.29 is 4.52 Å². The minimum atomic E-state index is 0.448. The van der Waals surface area contributed by atoms with Crippen LogP contribution in [0.3, 0.4) is 0 Å². The molecule has 0 amide bonds. The molecule has 1 unspecified atom stereocenters. The Bertz CT molecular complexity index is 505. The predicted octanol–water partition coefficient (Wildman–Crippen LogP) is 2.61. The summed E-state index contributed by atoms with van der Waals surface area (Å²) in [6, 6.07) is 2.68. The summed E-state index contributed by atoms with van der Waals surface area (Å²) in [5.74, 6) is 1.37. The molecule has 3 rings (SSSR count). The van der Waals surface area contributed by atoms with Gasteiger partial charge in [-0.15, -0.1) is 11.3 Å². The Morgan fingerprint density at radius 2 is 2.53 bits per heavy atom. The first-order chi connectivity index (χ1) is 8.33. The number of aromatic nitrogens is 2. The lowest BCUT2D eigenvalue weighted by Gasteiger charge is -2.23. The van der Waals surface area contributed by atoms with Crippen LogP contribution >= 0.6 is 11.3 Å². The fourth-order valence-corrected chi connectivity index (χ4v) is 3.31. The monoisotopic (exact) mass is 249 g/mol. The van der Waals surface area contributed by atoms with E-state index < -0.39 is 0 Å². The molecule has 0 aromatic carbocycles. The van der Waals surface area contributed by atoms with Crippen LogP contribution in [0.5, 0.6) is 0 Å². The topological polar surface area (TPSA) is 51.0 Å². The van der Waals surface area contributed by atoms with E-state index in [-0.39, 0.29) is 0 Å². The zero-order valence-electron chi connectivity index (χ0n) is 9.77. The van der Waals surface area contributed by atoms with Gasteiger partial charge in [0.1, 0.15) is 0 Å². The highest BCUT2D eigenvalue weighted by molar-refractivity contribution is 7.10. The van der Waals surface area contributed by atoms with Gasteiger partial charge in [0.25, 0.3) is 0 Å². The van der Waals surface area contributed by atoms with E-state index >= 15 is 0 Å². The van der Waals surface area contributed by atoms with Gasteiger partial charge in [-0.1, -0.05) is 5.16 Å². The maximum absolute atomic E-state index is 4.96. The third-order valence-electron chi connectivity index (χ3n) is 3.13. The number of nitrogens with zero attached hydrogens (tertiary/aromatic N) is 2. The smallest absolute Gasteiger partial charge is 0.223 e. The first-order valence-corrected chi connectivity index (χ1v) is 6.80. The van der Waals surface area contributed by atoms with Crippen LogP contribution in [0.4, 0.5) is 0 Å². The first kappa shape index (κ1) is 10.9. The fraction of sp³-hybridized carbons (Fsp3) is 0.500. The Labute approximate surface area is 104 Å². The quantitative estimate of drug-likeness (QED) is 0.908. The van der Waals surface area contributed by atoms with Gasteiger partial charge in [0, 0.05) is 17.8 Å². The Hall–Kier alpha value is -1.20. The van der Waals surface area contributed by atoms with Gasteiger partial charge in [0.05, 0.1) is 6.54 Å².